The Hall–Kier alpha value is -2.10. The third kappa shape index (κ3) is 2.52. The second-order valence-corrected chi connectivity index (χ2v) is 5.05. The quantitative estimate of drug-likeness (QED) is 0.868. The number of amides is 1. The third-order valence-corrected chi connectivity index (χ3v) is 3.39. The van der Waals surface area contributed by atoms with Gasteiger partial charge >= 0.3 is 0 Å². The van der Waals surface area contributed by atoms with Crippen LogP contribution in [0.1, 0.15) is 38.3 Å². The average molecular weight is 257 g/mol. The number of carbonyl (C=O) groups excluding carboxylic acids is 1. The van der Waals surface area contributed by atoms with Crippen molar-refractivity contribution < 1.29 is 4.79 Å². The SMILES string of the molecule is Cc1cc(C)c(C(=O)Nc2n[nH]c(C)c2C)c(C)c1. The molecule has 1 aromatic carbocycles. The van der Waals surface area contributed by atoms with Crippen molar-refractivity contribution in [3.8, 4) is 0 Å². The van der Waals surface area contributed by atoms with Crippen LogP contribution in [-0.2, 0) is 0 Å². The minimum absolute atomic E-state index is 0.107. The van der Waals surface area contributed by atoms with E-state index >= 15 is 0 Å². The zero-order valence-electron chi connectivity index (χ0n) is 12.0. The fraction of sp³-hybridized carbons (Fsp3) is 0.333. The van der Waals surface area contributed by atoms with Gasteiger partial charge in [-0.3, -0.25) is 9.89 Å². The van der Waals surface area contributed by atoms with E-state index in [0.717, 1.165) is 27.9 Å². The first-order valence-electron chi connectivity index (χ1n) is 6.31. The molecule has 4 heteroatoms. The van der Waals surface area contributed by atoms with Crippen LogP contribution in [0.15, 0.2) is 12.1 Å². The number of nitrogens with zero attached hydrogens (tertiary/aromatic N) is 1. The summed E-state index contributed by atoms with van der Waals surface area (Å²) in [5.74, 6) is 0.492. The molecular formula is C15H19N3O. The lowest BCUT2D eigenvalue weighted by atomic mass is 9.99. The van der Waals surface area contributed by atoms with Crippen LogP contribution in [0.3, 0.4) is 0 Å². The van der Waals surface area contributed by atoms with Crippen molar-refractivity contribution in [2.45, 2.75) is 34.6 Å². The highest BCUT2D eigenvalue weighted by atomic mass is 16.1. The molecule has 1 amide bonds. The summed E-state index contributed by atoms with van der Waals surface area (Å²) in [6.45, 7) is 9.81. The fourth-order valence-corrected chi connectivity index (χ4v) is 2.31. The molecule has 0 spiro atoms. The summed E-state index contributed by atoms with van der Waals surface area (Å²) < 4.78 is 0. The van der Waals surface area contributed by atoms with Crippen LogP contribution in [0.25, 0.3) is 0 Å². The monoisotopic (exact) mass is 257 g/mol. The molecular weight excluding hydrogens is 238 g/mol. The minimum Gasteiger partial charge on any atom is -0.305 e. The average Bonchev–Trinajstić information content (AvgIpc) is 2.59. The number of anilines is 1. The van der Waals surface area contributed by atoms with Gasteiger partial charge in [-0.15, -0.1) is 0 Å². The van der Waals surface area contributed by atoms with Crippen LogP contribution in [0.5, 0.6) is 0 Å². The van der Waals surface area contributed by atoms with Gasteiger partial charge in [0.15, 0.2) is 5.82 Å². The van der Waals surface area contributed by atoms with Crippen molar-refractivity contribution in [2.75, 3.05) is 5.32 Å². The molecule has 0 atom stereocenters. The van der Waals surface area contributed by atoms with Gasteiger partial charge in [-0.25, -0.2) is 0 Å². The van der Waals surface area contributed by atoms with E-state index in [2.05, 4.69) is 15.5 Å². The summed E-state index contributed by atoms with van der Waals surface area (Å²) in [5.41, 5.74) is 5.80. The van der Waals surface area contributed by atoms with Crippen LogP contribution in [0.4, 0.5) is 5.82 Å². The van der Waals surface area contributed by atoms with Crippen LogP contribution < -0.4 is 5.32 Å². The van der Waals surface area contributed by atoms with Crippen molar-refractivity contribution in [3.63, 3.8) is 0 Å². The maximum atomic E-state index is 12.4. The largest absolute Gasteiger partial charge is 0.305 e. The molecule has 19 heavy (non-hydrogen) atoms. The highest BCUT2D eigenvalue weighted by Gasteiger charge is 2.15. The molecule has 1 aromatic heterocycles. The standard InChI is InChI=1S/C15H19N3O/c1-8-6-9(2)13(10(3)7-8)15(19)16-14-11(4)12(5)17-18-14/h6-7H,1-5H3,(H2,16,17,18,19). The number of nitrogens with one attached hydrogen (secondary N) is 2. The first-order valence-corrected chi connectivity index (χ1v) is 6.31. The Labute approximate surface area is 113 Å². The first-order chi connectivity index (χ1) is 8.90. The molecule has 0 aliphatic rings. The van der Waals surface area contributed by atoms with Crippen LogP contribution in [0.2, 0.25) is 0 Å². The summed E-state index contributed by atoms with van der Waals surface area (Å²) in [4.78, 5) is 12.4. The van der Waals surface area contributed by atoms with E-state index < -0.39 is 0 Å². The van der Waals surface area contributed by atoms with Crippen molar-refractivity contribution >= 4 is 11.7 Å². The van der Waals surface area contributed by atoms with Crippen molar-refractivity contribution in [2.24, 2.45) is 0 Å². The van der Waals surface area contributed by atoms with Crippen molar-refractivity contribution in [1.82, 2.24) is 10.2 Å². The molecule has 100 valence electrons. The molecule has 0 bridgehead atoms. The molecule has 0 saturated carbocycles. The lowest BCUT2D eigenvalue weighted by Gasteiger charge is -2.11. The summed E-state index contributed by atoms with van der Waals surface area (Å²) in [7, 11) is 0. The molecule has 0 saturated heterocycles. The lowest BCUT2D eigenvalue weighted by molar-refractivity contribution is 0.102. The van der Waals surface area contributed by atoms with E-state index in [-0.39, 0.29) is 5.91 Å². The third-order valence-electron chi connectivity index (χ3n) is 3.39. The van der Waals surface area contributed by atoms with Crippen molar-refractivity contribution in [1.29, 1.82) is 0 Å². The number of hydrogen-bond donors (Lipinski definition) is 2. The Morgan fingerprint density at radius 1 is 1.11 bits per heavy atom. The molecule has 4 nitrogen and oxygen atoms in total. The van der Waals surface area contributed by atoms with Crippen LogP contribution >= 0.6 is 0 Å². The number of H-pyrrole nitrogens is 1. The summed E-state index contributed by atoms with van der Waals surface area (Å²) >= 11 is 0. The number of aryl methyl sites for hydroxylation is 4. The summed E-state index contributed by atoms with van der Waals surface area (Å²) in [5, 5.41) is 9.84. The Morgan fingerprint density at radius 3 is 2.16 bits per heavy atom. The number of hydrogen-bond acceptors (Lipinski definition) is 2. The maximum absolute atomic E-state index is 12.4. The predicted octanol–water partition coefficient (Wildman–Crippen LogP) is 3.20. The zero-order valence-corrected chi connectivity index (χ0v) is 12.0. The van der Waals surface area contributed by atoms with Gasteiger partial charge < -0.3 is 5.32 Å². The van der Waals surface area contributed by atoms with Gasteiger partial charge in [0.25, 0.3) is 5.91 Å². The molecule has 0 aliphatic heterocycles. The lowest BCUT2D eigenvalue weighted by Crippen LogP contribution is -2.16. The van der Waals surface area contributed by atoms with E-state index in [0.29, 0.717) is 5.82 Å². The van der Waals surface area contributed by atoms with Gasteiger partial charge in [-0.1, -0.05) is 17.7 Å². The summed E-state index contributed by atoms with van der Waals surface area (Å²) in [6.07, 6.45) is 0. The van der Waals surface area contributed by atoms with E-state index in [4.69, 9.17) is 0 Å². The Morgan fingerprint density at radius 2 is 1.68 bits per heavy atom. The second kappa shape index (κ2) is 4.88. The molecule has 1 heterocycles. The predicted molar refractivity (Wildman–Crippen MR) is 76.7 cm³/mol. The molecule has 2 aromatic rings. The van der Waals surface area contributed by atoms with E-state index in [9.17, 15) is 4.79 Å². The van der Waals surface area contributed by atoms with Gasteiger partial charge in [0, 0.05) is 16.8 Å². The van der Waals surface area contributed by atoms with Gasteiger partial charge in [-0.05, 0) is 45.7 Å². The first kappa shape index (κ1) is 13.3. The highest BCUT2D eigenvalue weighted by Crippen LogP contribution is 2.19. The van der Waals surface area contributed by atoms with Gasteiger partial charge in [0.1, 0.15) is 0 Å². The van der Waals surface area contributed by atoms with E-state index in [1.165, 1.54) is 5.56 Å². The van der Waals surface area contributed by atoms with E-state index in [1.807, 2.05) is 46.8 Å². The number of rotatable bonds is 2. The maximum Gasteiger partial charge on any atom is 0.257 e. The Kier molecular flexibility index (Phi) is 3.42. The minimum atomic E-state index is -0.107. The number of aromatic nitrogens is 2. The molecule has 2 N–H and O–H groups in total. The molecule has 0 aliphatic carbocycles. The van der Waals surface area contributed by atoms with Gasteiger partial charge in [0.05, 0.1) is 0 Å². The fourth-order valence-electron chi connectivity index (χ4n) is 2.31. The second-order valence-electron chi connectivity index (χ2n) is 5.05. The number of aromatic amines is 1. The van der Waals surface area contributed by atoms with Crippen LogP contribution in [-0.4, -0.2) is 16.1 Å². The zero-order chi connectivity index (χ0) is 14.2. The normalized spacial score (nSPS) is 10.6. The molecule has 0 unspecified atom stereocenters. The molecule has 0 radical (unpaired) electrons. The molecule has 2 rings (SSSR count). The Balaban J connectivity index is 2.33. The Bertz CT molecular complexity index is 618. The van der Waals surface area contributed by atoms with Crippen LogP contribution in [0, 0.1) is 34.6 Å². The highest BCUT2D eigenvalue weighted by molar-refractivity contribution is 6.06. The smallest absolute Gasteiger partial charge is 0.257 e. The van der Waals surface area contributed by atoms with Gasteiger partial charge in [0.2, 0.25) is 0 Å². The van der Waals surface area contributed by atoms with Crippen molar-refractivity contribution in [3.05, 3.63) is 45.6 Å². The molecule has 0 fully saturated rings. The summed E-state index contributed by atoms with van der Waals surface area (Å²) in [6, 6.07) is 4.04. The number of benzene rings is 1. The topological polar surface area (TPSA) is 57.8 Å². The van der Waals surface area contributed by atoms with E-state index in [1.54, 1.807) is 0 Å². The van der Waals surface area contributed by atoms with Gasteiger partial charge in [-0.2, -0.15) is 5.10 Å². The number of carbonyl (C=O) groups is 1.